The van der Waals surface area contributed by atoms with E-state index in [2.05, 4.69) is 5.92 Å². The van der Waals surface area contributed by atoms with Crippen LogP contribution in [0.15, 0.2) is 12.2 Å². The monoisotopic (exact) mass is 238 g/mol. The Balaban J connectivity index is 2.09. The molecule has 4 atom stereocenters. The number of terminal acetylenes is 1. The second-order valence-corrected chi connectivity index (χ2v) is 4.57. The predicted octanol–water partition coefficient (Wildman–Crippen LogP) is 1.46. The molecule has 0 unspecified atom stereocenters. The fraction of sp³-hybridized carbons (Fsp3) is 0.692. The molecule has 4 heteroatoms. The summed E-state index contributed by atoms with van der Waals surface area (Å²) in [6.45, 7) is 5.89. The summed E-state index contributed by atoms with van der Waals surface area (Å²) in [5.74, 6) is 1.83. The van der Waals surface area contributed by atoms with E-state index < -0.39 is 5.79 Å². The smallest absolute Gasteiger partial charge is 0.190 e. The number of hydrogen-bond acceptors (Lipinski definition) is 4. The molecule has 2 aliphatic rings. The van der Waals surface area contributed by atoms with Crippen LogP contribution in [0, 0.1) is 12.3 Å². The van der Waals surface area contributed by atoms with Gasteiger partial charge in [0, 0.05) is 0 Å². The van der Waals surface area contributed by atoms with Gasteiger partial charge in [-0.15, -0.1) is 6.42 Å². The van der Waals surface area contributed by atoms with E-state index in [1.807, 2.05) is 32.9 Å². The Morgan fingerprint density at radius 2 is 2.18 bits per heavy atom. The lowest BCUT2D eigenvalue weighted by atomic mass is 10.1. The molecule has 2 heterocycles. The minimum absolute atomic E-state index is 0.167. The van der Waals surface area contributed by atoms with Crippen molar-refractivity contribution in [3.05, 3.63) is 12.2 Å². The van der Waals surface area contributed by atoms with E-state index in [-0.39, 0.29) is 31.2 Å². The standard InChI is InChI=1S/C13H18O4/c1-5-7-9-10(14-8-6-2)11-12(15-9)17-13(3,4)16-11/h2,5,7,9-12H,8H2,1,3-4H3/b7-5+/t9-,10+,11-,12-/m1/s1. The number of rotatable bonds is 3. The van der Waals surface area contributed by atoms with Crippen LogP contribution in [-0.4, -0.2) is 37.0 Å². The molecular formula is C13H18O4. The first kappa shape index (κ1) is 12.6. The molecule has 0 aromatic carbocycles. The molecule has 17 heavy (non-hydrogen) atoms. The molecule has 0 aromatic heterocycles. The first-order valence-corrected chi connectivity index (χ1v) is 5.76. The largest absolute Gasteiger partial charge is 0.360 e. The molecule has 2 saturated heterocycles. The van der Waals surface area contributed by atoms with Gasteiger partial charge in [-0.3, -0.25) is 0 Å². The highest BCUT2D eigenvalue weighted by atomic mass is 16.8. The molecule has 2 fully saturated rings. The van der Waals surface area contributed by atoms with Gasteiger partial charge in [0.05, 0.1) is 0 Å². The Bertz CT molecular complexity index is 342. The maximum atomic E-state index is 5.78. The number of ether oxygens (including phenoxy) is 4. The fourth-order valence-electron chi connectivity index (χ4n) is 2.18. The average molecular weight is 238 g/mol. The van der Waals surface area contributed by atoms with Crippen molar-refractivity contribution in [3.63, 3.8) is 0 Å². The van der Waals surface area contributed by atoms with E-state index in [0.717, 1.165) is 0 Å². The number of fused-ring (bicyclic) bond motifs is 1. The highest BCUT2D eigenvalue weighted by Crippen LogP contribution is 2.38. The van der Waals surface area contributed by atoms with Crippen molar-refractivity contribution in [3.8, 4) is 12.3 Å². The maximum absolute atomic E-state index is 5.78. The summed E-state index contributed by atoms with van der Waals surface area (Å²) in [6, 6.07) is 0. The zero-order chi connectivity index (χ0) is 12.5. The number of allylic oxidation sites excluding steroid dienone is 1. The highest BCUT2D eigenvalue weighted by Gasteiger charge is 2.54. The second kappa shape index (κ2) is 4.79. The molecule has 0 spiro atoms. The topological polar surface area (TPSA) is 36.9 Å². The van der Waals surface area contributed by atoms with Crippen molar-refractivity contribution in [1.29, 1.82) is 0 Å². The Morgan fingerprint density at radius 3 is 2.82 bits per heavy atom. The Kier molecular flexibility index (Phi) is 3.55. The third kappa shape index (κ3) is 2.53. The lowest BCUT2D eigenvalue weighted by Gasteiger charge is -2.23. The van der Waals surface area contributed by atoms with Crippen molar-refractivity contribution in [2.75, 3.05) is 6.61 Å². The minimum atomic E-state index is -0.631. The fourth-order valence-corrected chi connectivity index (χ4v) is 2.18. The summed E-state index contributed by atoms with van der Waals surface area (Å²) in [4.78, 5) is 0. The quantitative estimate of drug-likeness (QED) is 0.551. The van der Waals surface area contributed by atoms with Gasteiger partial charge < -0.3 is 18.9 Å². The molecule has 0 amide bonds. The molecule has 0 saturated carbocycles. The van der Waals surface area contributed by atoms with Gasteiger partial charge in [-0.2, -0.15) is 0 Å². The van der Waals surface area contributed by atoms with Gasteiger partial charge in [0.2, 0.25) is 0 Å². The Morgan fingerprint density at radius 1 is 1.41 bits per heavy atom. The van der Waals surface area contributed by atoms with Crippen molar-refractivity contribution >= 4 is 0 Å². The van der Waals surface area contributed by atoms with Crippen molar-refractivity contribution < 1.29 is 18.9 Å². The van der Waals surface area contributed by atoms with Crippen molar-refractivity contribution in [1.82, 2.24) is 0 Å². The van der Waals surface area contributed by atoms with Crippen LogP contribution in [0.5, 0.6) is 0 Å². The van der Waals surface area contributed by atoms with Gasteiger partial charge in [-0.05, 0) is 20.8 Å². The summed E-state index contributed by atoms with van der Waals surface area (Å²) in [5.41, 5.74) is 0. The Labute approximate surface area is 102 Å². The molecule has 2 aliphatic heterocycles. The van der Waals surface area contributed by atoms with Crippen LogP contribution in [0.25, 0.3) is 0 Å². The minimum Gasteiger partial charge on any atom is -0.360 e. The molecule has 94 valence electrons. The van der Waals surface area contributed by atoms with Gasteiger partial charge >= 0.3 is 0 Å². The van der Waals surface area contributed by atoms with E-state index in [9.17, 15) is 0 Å². The van der Waals surface area contributed by atoms with Gasteiger partial charge in [0.1, 0.15) is 24.9 Å². The van der Waals surface area contributed by atoms with Gasteiger partial charge in [0.25, 0.3) is 0 Å². The van der Waals surface area contributed by atoms with E-state index in [1.54, 1.807) is 0 Å². The average Bonchev–Trinajstić information content (AvgIpc) is 2.68. The summed E-state index contributed by atoms with van der Waals surface area (Å²) in [6.07, 6.45) is 8.08. The zero-order valence-electron chi connectivity index (χ0n) is 10.4. The number of hydrogen-bond donors (Lipinski definition) is 0. The van der Waals surface area contributed by atoms with Gasteiger partial charge in [-0.1, -0.05) is 18.1 Å². The van der Waals surface area contributed by atoms with Crippen molar-refractivity contribution in [2.24, 2.45) is 0 Å². The van der Waals surface area contributed by atoms with Crippen LogP contribution in [0.2, 0.25) is 0 Å². The zero-order valence-corrected chi connectivity index (χ0v) is 10.4. The SMILES string of the molecule is C#CCO[C@@H]1[C@H]2OC(C)(C)O[C@H]2O[C@@H]1/C=C/C. The molecule has 2 rings (SSSR count). The van der Waals surface area contributed by atoms with Crippen molar-refractivity contribution in [2.45, 2.75) is 51.2 Å². The van der Waals surface area contributed by atoms with E-state index in [1.165, 1.54) is 0 Å². The lowest BCUT2D eigenvalue weighted by molar-refractivity contribution is -0.211. The van der Waals surface area contributed by atoms with Gasteiger partial charge in [-0.25, -0.2) is 0 Å². The maximum Gasteiger partial charge on any atom is 0.190 e. The van der Waals surface area contributed by atoms with Crippen LogP contribution in [0.1, 0.15) is 20.8 Å². The van der Waals surface area contributed by atoms with Crippen LogP contribution in [0.4, 0.5) is 0 Å². The summed E-state index contributed by atoms with van der Waals surface area (Å²) in [7, 11) is 0. The predicted molar refractivity (Wildman–Crippen MR) is 62.1 cm³/mol. The molecule has 4 nitrogen and oxygen atoms in total. The van der Waals surface area contributed by atoms with Crippen LogP contribution in [-0.2, 0) is 18.9 Å². The third-order valence-electron chi connectivity index (χ3n) is 2.77. The first-order valence-electron chi connectivity index (χ1n) is 5.76. The van der Waals surface area contributed by atoms with Crippen LogP contribution in [0.3, 0.4) is 0 Å². The Hall–Kier alpha value is -0.860. The molecule has 0 aromatic rings. The van der Waals surface area contributed by atoms with Crippen LogP contribution >= 0.6 is 0 Å². The molecule has 0 N–H and O–H groups in total. The summed E-state index contributed by atoms with van der Waals surface area (Å²) >= 11 is 0. The molecular weight excluding hydrogens is 220 g/mol. The second-order valence-electron chi connectivity index (χ2n) is 4.57. The highest BCUT2D eigenvalue weighted by molar-refractivity contribution is 5.03. The molecule has 0 aliphatic carbocycles. The summed E-state index contributed by atoms with van der Waals surface area (Å²) in [5, 5.41) is 0. The normalized spacial score (nSPS) is 39.4. The molecule has 0 radical (unpaired) electrons. The van der Waals surface area contributed by atoms with Gasteiger partial charge in [0.15, 0.2) is 12.1 Å². The van der Waals surface area contributed by atoms with E-state index in [4.69, 9.17) is 25.4 Å². The molecule has 0 bridgehead atoms. The summed E-state index contributed by atoms with van der Waals surface area (Å²) < 4.78 is 22.8. The van der Waals surface area contributed by atoms with E-state index in [0.29, 0.717) is 0 Å². The van der Waals surface area contributed by atoms with E-state index >= 15 is 0 Å². The van der Waals surface area contributed by atoms with Crippen LogP contribution < -0.4 is 0 Å². The lowest BCUT2D eigenvalue weighted by Crippen LogP contribution is -2.36. The third-order valence-corrected chi connectivity index (χ3v) is 2.77. The first-order chi connectivity index (χ1) is 8.07.